The van der Waals surface area contributed by atoms with Crippen LogP contribution in [0, 0.1) is 0 Å². The van der Waals surface area contributed by atoms with Crippen molar-refractivity contribution >= 4 is 29.1 Å². The summed E-state index contributed by atoms with van der Waals surface area (Å²) >= 11 is 4.86. The second kappa shape index (κ2) is 6.71. The summed E-state index contributed by atoms with van der Waals surface area (Å²) in [6, 6.07) is 4.79. The number of hydrogen-bond acceptors (Lipinski definition) is 5. The summed E-state index contributed by atoms with van der Waals surface area (Å²) in [5.41, 5.74) is 5.17. The molecule has 2 rings (SSSR count). The largest absolute Gasteiger partial charge is 0.454 e. The Kier molecular flexibility index (Phi) is 4.72. The molecule has 1 aliphatic heterocycles. The minimum atomic E-state index is -0.420. The minimum absolute atomic E-state index is 0.00723. The lowest BCUT2D eigenvalue weighted by atomic mass is 10.2. The molecule has 0 saturated heterocycles. The SMILES string of the molecule is CC=CC(=O)NC(=S)NNC(=O)c1ccc2c(c1)OCO2. The summed E-state index contributed by atoms with van der Waals surface area (Å²) in [5.74, 6) is 0.295. The maximum Gasteiger partial charge on any atom is 0.269 e. The third-order valence-corrected chi connectivity index (χ3v) is 2.68. The van der Waals surface area contributed by atoms with E-state index in [-0.39, 0.29) is 17.8 Å². The van der Waals surface area contributed by atoms with Crippen molar-refractivity contribution in [3.63, 3.8) is 0 Å². The number of rotatable bonds is 2. The van der Waals surface area contributed by atoms with Crippen LogP contribution in [0.5, 0.6) is 11.5 Å². The molecule has 1 aromatic carbocycles. The van der Waals surface area contributed by atoms with Crippen molar-refractivity contribution in [1.29, 1.82) is 0 Å². The molecule has 0 saturated carbocycles. The molecule has 110 valence electrons. The van der Waals surface area contributed by atoms with Crippen LogP contribution >= 0.6 is 12.2 Å². The van der Waals surface area contributed by atoms with Gasteiger partial charge >= 0.3 is 0 Å². The number of carbonyl (C=O) groups excluding carboxylic acids is 2. The molecule has 8 heteroatoms. The summed E-state index contributed by atoms with van der Waals surface area (Å²) < 4.78 is 10.3. The molecule has 0 bridgehead atoms. The quantitative estimate of drug-likeness (QED) is 0.422. The Balaban J connectivity index is 1.87. The first kappa shape index (κ1) is 14.8. The van der Waals surface area contributed by atoms with Gasteiger partial charge < -0.3 is 9.47 Å². The highest BCUT2D eigenvalue weighted by atomic mass is 32.1. The fourth-order valence-corrected chi connectivity index (χ4v) is 1.71. The fourth-order valence-electron chi connectivity index (χ4n) is 1.56. The topological polar surface area (TPSA) is 88.7 Å². The number of fused-ring (bicyclic) bond motifs is 1. The first-order valence-corrected chi connectivity index (χ1v) is 6.44. The average molecular weight is 307 g/mol. The van der Waals surface area contributed by atoms with Crippen LogP contribution < -0.4 is 25.6 Å². The zero-order valence-corrected chi connectivity index (χ0v) is 12.0. The molecule has 0 aliphatic carbocycles. The number of ether oxygens (including phenoxy) is 2. The zero-order chi connectivity index (χ0) is 15.2. The van der Waals surface area contributed by atoms with Gasteiger partial charge in [-0.25, -0.2) is 0 Å². The van der Waals surface area contributed by atoms with Gasteiger partial charge in [0, 0.05) is 5.56 Å². The summed E-state index contributed by atoms with van der Waals surface area (Å²) in [6.07, 6.45) is 2.89. The van der Waals surface area contributed by atoms with Crippen LogP contribution in [0.2, 0.25) is 0 Å². The Bertz CT molecular complexity index is 615. The van der Waals surface area contributed by atoms with Crippen molar-refractivity contribution in [3.8, 4) is 11.5 Å². The predicted octanol–water partition coefficient (Wildman–Crippen LogP) is 0.627. The summed E-state index contributed by atoms with van der Waals surface area (Å²) in [7, 11) is 0. The van der Waals surface area contributed by atoms with E-state index in [2.05, 4.69) is 16.2 Å². The maximum absolute atomic E-state index is 11.9. The highest BCUT2D eigenvalue weighted by Gasteiger charge is 2.16. The van der Waals surface area contributed by atoms with Crippen molar-refractivity contribution < 1.29 is 19.1 Å². The fraction of sp³-hybridized carbons (Fsp3) is 0.154. The van der Waals surface area contributed by atoms with E-state index in [1.807, 2.05) is 0 Å². The first-order valence-electron chi connectivity index (χ1n) is 6.04. The standard InChI is InChI=1S/C13H13N3O4S/c1-2-3-11(17)14-13(21)16-15-12(18)8-4-5-9-10(6-8)20-7-19-9/h2-6H,7H2,1H3,(H,15,18)(H2,14,16,17,21). The number of hydrazine groups is 1. The number of nitrogens with one attached hydrogen (secondary N) is 3. The van der Waals surface area contributed by atoms with Crippen LogP contribution in [0.15, 0.2) is 30.4 Å². The van der Waals surface area contributed by atoms with E-state index in [4.69, 9.17) is 21.7 Å². The number of allylic oxidation sites excluding steroid dienone is 1. The lowest BCUT2D eigenvalue weighted by Gasteiger charge is -2.09. The molecule has 0 fully saturated rings. The van der Waals surface area contributed by atoms with Gasteiger partial charge in [0.2, 0.25) is 12.7 Å². The van der Waals surface area contributed by atoms with Gasteiger partial charge in [-0.3, -0.25) is 25.8 Å². The van der Waals surface area contributed by atoms with E-state index in [9.17, 15) is 9.59 Å². The number of hydrogen-bond donors (Lipinski definition) is 3. The normalized spacial score (nSPS) is 12.0. The Labute approximate surface area is 126 Å². The molecule has 1 aromatic rings. The molecular weight excluding hydrogens is 294 g/mol. The van der Waals surface area contributed by atoms with Crippen molar-refractivity contribution in [2.45, 2.75) is 6.92 Å². The van der Waals surface area contributed by atoms with E-state index >= 15 is 0 Å². The lowest BCUT2D eigenvalue weighted by molar-refractivity contribution is -0.115. The zero-order valence-electron chi connectivity index (χ0n) is 11.1. The average Bonchev–Trinajstić information content (AvgIpc) is 2.92. The molecule has 0 aromatic heterocycles. The van der Waals surface area contributed by atoms with Gasteiger partial charge in [0.1, 0.15) is 0 Å². The minimum Gasteiger partial charge on any atom is -0.454 e. The van der Waals surface area contributed by atoms with Gasteiger partial charge in [-0.05, 0) is 43.4 Å². The molecule has 0 spiro atoms. The maximum atomic E-state index is 11.9. The van der Waals surface area contributed by atoms with Crippen LogP contribution in [-0.4, -0.2) is 23.7 Å². The van der Waals surface area contributed by atoms with Crippen molar-refractivity contribution in [3.05, 3.63) is 35.9 Å². The molecule has 3 N–H and O–H groups in total. The molecule has 7 nitrogen and oxygen atoms in total. The summed E-state index contributed by atoms with van der Waals surface area (Å²) in [5, 5.41) is 2.36. The van der Waals surface area contributed by atoms with E-state index in [0.717, 1.165) is 0 Å². The number of thiocarbonyl (C=S) groups is 1. The summed E-state index contributed by atoms with van der Waals surface area (Å²) in [4.78, 5) is 23.1. The molecule has 0 unspecified atom stereocenters. The van der Waals surface area contributed by atoms with E-state index in [0.29, 0.717) is 17.1 Å². The molecule has 2 amide bonds. The van der Waals surface area contributed by atoms with Crippen molar-refractivity contribution in [2.75, 3.05) is 6.79 Å². The van der Waals surface area contributed by atoms with Crippen LogP contribution in [0.3, 0.4) is 0 Å². The molecule has 21 heavy (non-hydrogen) atoms. The predicted molar refractivity (Wildman–Crippen MR) is 78.7 cm³/mol. The Morgan fingerprint density at radius 3 is 2.76 bits per heavy atom. The Morgan fingerprint density at radius 2 is 2.00 bits per heavy atom. The Hall–Kier alpha value is -2.61. The number of amides is 2. The number of carbonyl (C=O) groups is 2. The van der Waals surface area contributed by atoms with Gasteiger partial charge in [0.15, 0.2) is 16.6 Å². The third kappa shape index (κ3) is 3.93. The Morgan fingerprint density at radius 1 is 1.24 bits per heavy atom. The second-order valence-electron chi connectivity index (χ2n) is 3.97. The van der Waals surface area contributed by atoms with Crippen LogP contribution in [0.1, 0.15) is 17.3 Å². The third-order valence-electron chi connectivity index (χ3n) is 2.48. The van der Waals surface area contributed by atoms with Crippen LogP contribution in [0.25, 0.3) is 0 Å². The highest BCUT2D eigenvalue weighted by molar-refractivity contribution is 7.80. The van der Waals surface area contributed by atoms with E-state index < -0.39 is 5.91 Å². The van der Waals surface area contributed by atoms with Gasteiger partial charge in [-0.1, -0.05) is 6.08 Å². The summed E-state index contributed by atoms with van der Waals surface area (Å²) in [6.45, 7) is 1.84. The van der Waals surface area contributed by atoms with E-state index in [1.54, 1.807) is 31.2 Å². The second-order valence-corrected chi connectivity index (χ2v) is 4.37. The van der Waals surface area contributed by atoms with Gasteiger partial charge in [0.05, 0.1) is 0 Å². The van der Waals surface area contributed by atoms with Crippen LogP contribution in [-0.2, 0) is 4.79 Å². The number of benzene rings is 1. The van der Waals surface area contributed by atoms with E-state index in [1.165, 1.54) is 6.08 Å². The molecule has 1 heterocycles. The molecule has 0 radical (unpaired) electrons. The van der Waals surface area contributed by atoms with Gasteiger partial charge in [0.25, 0.3) is 5.91 Å². The van der Waals surface area contributed by atoms with Gasteiger partial charge in [-0.2, -0.15) is 0 Å². The molecule has 0 atom stereocenters. The first-order chi connectivity index (χ1) is 10.1. The van der Waals surface area contributed by atoms with Gasteiger partial charge in [-0.15, -0.1) is 0 Å². The smallest absolute Gasteiger partial charge is 0.269 e. The monoisotopic (exact) mass is 307 g/mol. The molecular formula is C13H13N3O4S. The van der Waals surface area contributed by atoms with Crippen LogP contribution in [0.4, 0.5) is 0 Å². The van der Waals surface area contributed by atoms with Crippen molar-refractivity contribution in [2.24, 2.45) is 0 Å². The molecule has 1 aliphatic rings. The van der Waals surface area contributed by atoms with Crippen molar-refractivity contribution in [1.82, 2.24) is 16.2 Å². The lowest BCUT2D eigenvalue weighted by Crippen LogP contribution is -2.48. The highest BCUT2D eigenvalue weighted by Crippen LogP contribution is 2.32.